The number of nitrogens with zero attached hydrogens (tertiary/aromatic N) is 4. The second kappa shape index (κ2) is 8.87. The van der Waals surface area contributed by atoms with E-state index in [0.29, 0.717) is 22.3 Å². The average Bonchev–Trinajstić information content (AvgIpc) is 2.80. The molecule has 0 fully saturated rings. The molecule has 33 heavy (non-hydrogen) atoms. The number of anilines is 1. The summed E-state index contributed by atoms with van der Waals surface area (Å²) >= 11 is 6.08. The van der Waals surface area contributed by atoms with Gasteiger partial charge in [0.25, 0.3) is 5.56 Å². The average molecular weight is 466 g/mol. The normalized spacial score (nSPS) is 10.9. The number of rotatable bonds is 5. The number of hydrogen-bond acceptors (Lipinski definition) is 6. The molecule has 2 aromatic carbocycles. The van der Waals surface area contributed by atoms with Crippen LogP contribution in [0.25, 0.3) is 22.4 Å². The molecule has 0 aliphatic rings. The molecule has 2 heterocycles. The SMILES string of the molecule is COc1ccc(NC(=O)Cn2c(=O)c3cnc(-c4ccc(C)cc4)nc3n(C)c2=O)cc1Cl. The summed E-state index contributed by atoms with van der Waals surface area (Å²) in [5, 5.41) is 3.07. The molecule has 0 saturated heterocycles. The van der Waals surface area contributed by atoms with Crippen LogP contribution in [0.2, 0.25) is 5.02 Å². The van der Waals surface area contributed by atoms with E-state index in [9.17, 15) is 14.4 Å². The van der Waals surface area contributed by atoms with Gasteiger partial charge in [-0.05, 0) is 25.1 Å². The quantitative estimate of drug-likeness (QED) is 0.485. The van der Waals surface area contributed by atoms with Gasteiger partial charge in [-0.2, -0.15) is 0 Å². The molecule has 168 valence electrons. The first-order valence-electron chi connectivity index (χ1n) is 9.95. The summed E-state index contributed by atoms with van der Waals surface area (Å²) in [5.74, 6) is 0.287. The van der Waals surface area contributed by atoms with E-state index in [0.717, 1.165) is 15.7 Å². The molecule has 0 unspecified atom stereocenters. The summed E-state index contributed by atoms with van der Waals surface area (Å²) in [6.45, 7) is 1.49. The molecule has 0 aliphatic carbocycles. The van der Waals surface area contributed by atoms with Crippen LogP contribution in [0.1, 0.15) is 5.56 Å². The Morgan fingerprint density at radius 1 is 1.15 bits per heavy atom. The van der Waals surface area contributed by atoms with Crippen molar-refractivity contribution in [2.45, 2.75) is 13.5 Å². The van der Waals surface area contributed by atoms with Crippen molar-refractivity contribution in [3.8, 4) is 17.1 Å². The van der Waals surface area contributed by atoms with Crippen LogP contribution in [-0.4, -0.2) is 32.1 Å². The van der Waals surface area contributed by atoms with Crippen molar-refractivity contribution >= 4 is 34.2 Å². The van der Waals surface area contributed by atoms with Gasteiger partial charge in [-0.3, -0.25) is 18.7 Å². The van der Waals surface area contributed by atoms with Crippen LogP contribution in [0, 0.1) is 6.92 Å². The van der Waals surface area contributed by atoms with Crippen LogP contribution >= 0.6 is 11.6 Å². The number of benzene rings is 2. The zero-order chi connectivity index (χ0) is 23.7. The van der Waals surface area contributed by atoms with Crippen LogP contribution in [0.3, 0.4) is 0 Å². The number of halogens is 1. The molecule has 0 radical (unpaired) electrons. The highest BCUT2D eigenvalue weighted by Crippen LogP contribution is 2.27. The Balaban J connectivity index is 1.67. The summed E-state index contributed by atoms with van der Waals surface area (Å²) in [5.41, 5.74) is 1.13. The number of fused-ring (bicyclic) bond motifs is 1. The number of carbonyl (C=O) groups excluding carboxylic acids is 1. The molecule has 0 aliphatic heterocycles. The Labute approximate surface area is 193 Å². The Morgan fingerprint density at radius 2 is 1.88 bits per heavy atom. The molecule has 0 saturated carbocycles. The third kappa shape index (κ3) is 4.35. The molecule has 10 heteroatoms. The molecule has 0 atom stereocenters. The van der Waals surface area contributed by atoms with Gasteiger partial charge in [-0.25, -0.2) is 14.8 Å². The summed E-state index contributed by atoms with van der Waals surface area (Å²) in [4.78, 5) is 47.1. The highest BCUT2D eigenvalue weighted by molar-refractivity contribution is 6.32. The van der Waals surface area contributed by atoms with Gasteiger partial charge < -0.3 is 10.1 Å². The predicted octanol–water partition coefficient (Wildman–Crippen LogP) is 2.77. The molecule has 0 spiro atoms. The van der Waals surface area contributed by atoms with Crippen molar-refractivity contribution in [1.82, 2.24) is 19.1 Å². The standard InChI is InChI=1S/C23H20ClN5O4/c1-13-4-6-14(7-5-13)20-25-11-16-21(27-20)28(2)23(32)29(22(16)31)12-19(30)26-15-8-9-18(33-3)17(24)10-15/h4-11H,12H2,1-3H3,(H,26,30). The molecule has 2 aromatic heterocycles. The van der Waals surface area contributed by atoms with E-state index in [1.807, 2.05) is 31.2 Å². The van der Waals surface area contributed by atoms with E-state index in [-0.39, 0.29) is 11.0 Å². The van der Waals surface area contributed by atoms with Gasteiger partial charge in [0, 0.05) is 24.5 Å². The maximum Gasteiger partial charge on any atom is 0.332 e. The first-order chi connectivity index (χ1) is 15.8. The Kier molecular flexibility index (Phi) is 5.97. The number of ether oxygens (including phenoxy) is 1. The van der Waals surface area contributed by atoms with Gasteiger partial charge >= 0.3 is 5.69 Å². The van der Waals surface area contributed by atoms with Crippen molar-refractivity contribution < 1.29 is 9.53 Å². The number of methoxy groups -OCH3 is 1. The predicted molar refractivity (Wildman–Crippen MR) is 126 cm³/mol. The molecule has 4 rings (SSSR count). The van der Waals surface area contributed by atoms with Crippen molar-refractivity contribution in [2.75, 3.05) is 12.4 Å². The third-order valence-corrected chi connectivity index (χ3v) is 5.42. The van der Waals surface area contributed by atoms with Gasteiger partial charge in [0.1, 0.15) is 17.7 Å². The highest BCUT2D eigenvalue weighted by atomic mass is 35.5. The van der Waals surface area contributed by atoms with Crippen LogP contribution in [0.5, 0.6) is 5.75 Å². The monoisotopic (exact) mass is 465 g/mol. The van der Waals surface area contributed by atoms with Crippen LogP contribution in [-0.2, 0) is 18.4 Å². The van der Waals surface area contributed by atoms with E-state index in [1.54, 1.807) is 12.1 Å². The lowest BCUT2D eigenvalue weighted by atomic mass is 10.1. The molecular weight excluding hydrogens is 446 g/mol. The second-order valence-electron chi connectivity index (χ2n) is 7.43. The Morgan fingerprint density at radius 3 is 2.55 bits per heavy atom. The molecule has 1 N–H and O–H groups in total. The summed E-state index contributed by atoms with van der Waals surface area (Å²) in [6.07, 6.45) is 1.37. The van der Waals surface area contributed by atoms with Crippen LogP contribution in [0.4, 0.5) is 5.69 Å². The summed E-state index contributed by atoms with van der Waals surface area (Å²) in [7, 11) is 2.97. The Bertz CT molecular complexity index is 1490. The highest BCUT2D eigenvalue weighted by Gasteiger charge is 2.17. The molecule has 9 nitrogen and oxygen atoms in total. The minimum Gasteiger partial charge on any atom is -0.495 e. The molecule has 4 aromatic rings. The van der Waals surface area contributed by atoms with Gasteiger partial charge in [0.2, 0.25) is 5.91 Å². The molecular formula is C23H20ClN5O4. The van der Waals surface area contributed by atoms with E-state index in [4.69, 9.17) is 16.3 Å². The van der Waals surface area contributed by atoms with Gasteiger partial charge in [-0.1, -0.05) is 41.4 Å². The molecule has 0 bridgehead atoms. The fraction of sp³-hybridized carbons (Fsp3) is 0.174. The van der Waals surface area contributed by atoms with Crippen LogP contribution in [0.15, 0.2) is 58.3 Å². The first-order valence-corrected chi connectivity index (χ1v) is 10.3. The Hall–Kier alpha value is -3.98. The lowest BCUT2D eigenvalue weighted by molar-refractivity contribution is -0.116. The third-order valence-electron chi connectivity index (χ3n) is 5.13. The number of aryl methyl sites for hydroxylation is 2. The van der Waals surface area contributed by atoms with Crippen molar-refractivity contribution in [3.63, 3.8) is 0 Å². The maximum atomic E-state index is 13.0. The van der Waals surface area contributed by atoms with E-state index in [1.165, 1.54) is 31.0 Å². The van der Waals surface area contributed by atoms with Crippen molar-refractivity contribution in [3.05, 3.63) is 80.1 Å². The lowest BCUT2D eigenvalue weighted by Crippen LogP contribution is -2.42. The number of amides is 1. The lowest BCUT2D eigenvalue weighted by Gasteiger charge is -2.12. The van der Waals surface area contributed by atoms with Gasteiger partial charge in [0.15, 0.2) is 11.5 Å². The summed E-state index contributed by atoms with van der Waals surface area (Å²) in [6, 6.07) is 12.3. The minimum atomic E-state index is -0.663. The fourth-order valence-electron chi connectivity index (χ4n) is 3.35. The van der Waals surface area contributed by atoms with Crippen LogP contribution < -0.4 is 21.3 Å². The number of nitrogens with one attached hydrogen (secondary N) is 1. The smallest absolute Gasteiger partial charge is 0.332 e. The number of carbonyl (C=O) groups is 1. The largest absolute Gasteiger partial charge is 0.495 e. The van der Waals surface area contributed by atoms with E-state index < -0.39 is 23.7 Å². The second-order valence-corrected chi connectivity index (χ2v) is 7.83. The number of hydrogen-bond donors (Lipinski definition) is 1. The van der Waals surface area contributed by atoms with Crippen molar-refractivity contribution in [1.29, 1.82) is 0 Å². The van der Waals surface area contributed by atoms with Crippen molar-refractivity contribution in [2.24, 2.45) is 7.05 Å². The van der Waals surface area contributed by atoms with Gasteiger partial charge in [0.05, 0.1) is 12.1 Å². The fourth-order valence-corrected chi connectivity index (χ4v) is 3.61. The van der Waals surface area contributed by atoms with Gasteiger partial charge in [-0.15, -0.1) is 0 Å². The minimum absolute atomic E-state index is 0.133. The molecule has 1 amide bonds. The number of aromatic nitrogens is 4. The summed E-state index contributed by atoms with van der Waals surface area (Å²) < 4.78 is 7.16. The zero-order valence-corrected chi connectivity index (χ0v) is 18.9. The van der Waals surface area contributed by atoms with E-state index >= 15 is 0 Å². The maximum absolute atomic E-state index is 13.0. The topological polar surface area (TPSA) is 108 Å². The zero-order valence-electron chi connectivity index (χ0n) is 18.1. The van der Waals surface area contributed by atoms with E-state index in [2.05, 4.69) is 15.3 Å². The first kappa shape index (κ1) is 22.2.